The monoisotopic (exact) mass is 362 g/mol. The average molecular weight is 362 g/mol. The minimum atomic E-state index is -0.0668. The summed E-state index contributed by atoms with van der Waals surface area (Å²) in [6.07, 6.45) is 8.09. The number of allylic oxidation sites excluding steroid dienone is 1. The minimum Gasteiger partial charge on any atom is -0.490 e. The highest BCUT2D eigenvalue weighted by Gasteiger charge is 2.08. The second-order valence-corrected chi connectivity index (χ2v) is 6.84. The third-order valence-corrected chi connectivity index (χ3v) is 4.85. The van der Waals surface area contributed by atoms with Crippen molar-refractivity contribution in [3.8, 4) is 16.9 Å². The van der Waals surface area contributed by atoms with Gasteiger partial charge < -0.3 is 4.74 Å². The molecule has 0 fully saturated rings. The molecule has 0 aliphatic carbocycles. The average Bonchev–Trinajstić information content (AvgIpc) is 2.70. The predicted octanol–water partition coefficient (Wildman–Crippen LogP) is 7.33. The summed E-state index contributed by atoms with van der Waals surface area (Å²) in [5.74, 6) is 0.781. The zero-order valence-corrected chi connectivity index (χ0v) is 16.2. The van der Waals surface area contributed by atoms with Gasteiger partial charge in [0.05, 0.1) is 0 Å². The lowest BCUT2D eigenvalue weighted by molar-refractivity contribution is 0.363. The number of hydrogen-bond donors (Lipinski definition) is 0. The molecule has 0 bridgehead atoms. The second-order valence-electron chi connectivity index (χ2n) is 6.84. The van der Waals surface area contributed by atoms with E-state index in [1.807, 2.05) is 67.6 Å². The van der Waals surface area contributed by atoms with Crippen LogP contribution >= 0.6 is 0 Å². The first-order valence-corrected chi connectivity index (χ1v) is 9.78. The van der Waals surface area contributed by atoms with Crippen LogP contribution in [0.25, 0.3) is 21.9 Å². The quantitative estimate of drug-likeness (QED) is 0.301. The first-order valence-electron chi connectivity index (χ1n) is 9.78. The fraction of sp³-hybridized carbons (Fsp3) is 0.280. The van der Waals surface area contributed by atoms with Gasteiger partial charge in [-0.05, 0) is 60.0 Å². The van der Waals surface area contributed by atoms with E-state index in [2.05, 4.69) is 13.0 Å². The van der Waals surface area contributed by atoms with Gasteiger partial charge in [-0.15, -0.1) is 0 Å². The molecule has 0 aromatic heterocycles. The summed E-state index contributed by atoms with van der Waals surface area (Å²) in [5.41, 5.74) is 3.01. The molecule has 0 radical (unpaired) electrons. The van der Waals surface area contributed by atoms with Gasteiger partial charge in [-0.1, -0.05) is 68.3 Å². The summed E-state index contributed by atoms with van der Waals surface area (Å²) >= 11 is 0. The standard InChI is InChI=1S/C25H27FO/c1-3-5-7-8-20-9-10-22-18-21(13-16-24(22)25(20)26)19-11-14-23(15-12-19)27-17-6-4-2/h4,6,9-16,18H,3,5,7-8,17H2,1-2H3. The summed E-state index contributed by atoms with van der Waals surface area (Å²) in [5, 5.41) is 1.65. The molecule has 0 N–H and O–H groups in total. The van der Waals surface area contributed by atoms with E-state index in [1.165, 1.54) is 0 Å². The maximum atomic E-state index is 14.8. The van der Waals surface area contributed by atoms with Crippen molar-refractivity contribution in [1.82, 2.24) is 0 Å². The van der Waals surface area contributed by atoms with Gasteiger partial charge in [-0.3, -0.25) is 0 Å². The molecule has 0 unspecified atom stereocenters. The molecule has 0 spiro atoms. The molecular formula is C25H27FO. The van der Waals surface area contributed by atoms with Gasteiger partial charge in [0.1, 0.15) is 18.2 Å². The van der Waals surface area contributed by atoms with Crippen LogP contribution in [0.1, 0.15) is 38.7 Å². The SMILES string of the molecule is CC=CCOc1ccc(-c2ccc3c(F)c(CCCCC)ccc3c2)cc1. The van der Waals surface area contributed by atoms with Gasteiger partial charge in [0.15, 0.2) is 0 Å². The largest absolute Gasteiger partial charge is 0.490 e. The van der Waals surface area contributed by atoms with Crippen molar-refractivity contribution < 1.29 is 9.13 Å². The van der Waals surface area contributed by atoms with Crippen molar-refractivity contribution in [2.45, 2.75) is 39.5 Å². The van der Waals surface area contributed by atoms with Crippen LogP contribution in [0.3, 0.4) is 0 Å². The van der Waals surface area contributed by atoms with Crippen LogP contribution in [0.15, 0.2) is 66.7 Å². The van der Waals surface area contributed by atoms with E-state index in [-0.39, 0.29) is 5.82 Å². The molecular weight excluding hydrogens is 335 g/mol. The highest BCUT2D eigenvalue weighted by molar-refractivity contribution is 5.88. The van der Waals surface area contributed by atoms with Gasteiger partial charge in [0, 0.05) is 5.39 Å². The van der Waals surface area contributed by atoms with Crippen LogP contribution < -0.4 is 4.74 Å². The van der Waals surface area contributed by atoms with E-state index in [4.69, 9.17) is 4.74 Å². The van der Waals surface area contributed by atoms with E-state index < -0.39 is 0 Å². The maximum Gasteiger partial charge on any atom is 0.134 e. The Balaban J connectivity index is 1.81. The molecule has 0 aliphatic heterocycles. The molecule has 2 heteroatoms. The molecule has 0 saturated carbocycles. The first kappa shape index (κ1) is 19.2. The summed E-state index contributed by atoms with van der Waals surface area (Å²) in [7, 11) is 0. The van der Waals surface area contributed by atoms with Crippen molar-refractivity contribution in [3.63, 3.8) is 0 Å². The number of ether oxygens (including phenoxy) is 1. The molecule has 0 aliphatic rings. The van der Waals surface area contributed by atoms with Gasteiger partial charge in [0.25, 0.3) is 0 Å². The van der Waals surface area contributed by atoms with Crippen molar-refractivity contribution in [2.24, 2.45) is 0 Å². The lowest BCUT2D eigenvalue weighted by atomic mass is 9.97. The Kier molecular flexibility index (Phi) is 6.64. The first-order chi connectivity index (χ1) is 13.2. The molecule has 140 valence electrons. The van der Waals surface area contributed by atoms with Gasteiger partial charge in [-0.2, -0.15) is 0 Å². The Morgan fingerprint density at radius 1 is 0.926 bits per heavy atom. The van der Waals surface area contributed by atoms with E-state index >= 15 is 0 Å². The van der Waals surface area contributed by atoms with Crippen molar-refractivity contribution in [2.75, 3.05) is 6.61 Å². The Labute approximate surface area is 161 Å². The molecule has 0 saturated heterocycles. The predicted molar refractivity (Wildman–Crippen MR) is 113 cm³/mol. The number of aryl methyl sites for hydroxylation is 1. The second kappa shape index (κ2) is 9.36. The Bertz CT molecular complexity index is 910. The summed E-state index contributed by atoms with van der Waals surface area (Å²) in [6, 6.07) is 18.0. The smallest absolute Gasteiger partial charge is 0.134 e. The van der Waals surface area contributed by atoms with E-state index in [9.17, 15) is 4.39 Å². The molecule has 3 aromatic carbocycles. The Morgan fingerprint density at radius 2 is 1.70 bits per heavy atom. The zero-order chi connectivity index (χ0) is 19.1. The molecule has 0 heterocycles. The molecule has 1 nitrogen and oxygen atoms in total. The molecule has 3 rings (SSSR count). The lowest BCUT2D eigenvalue weighted by Crippen LogP contribution is -1.93. The number of halogens is 1. The van der Waals surface area contributed by atoms with Crippen LogP contribution in [-0.2, 0) is 6.42 Å². The van der Waals surface area contributed by atoms with Gasteiger partial charge in [0.2, 0.25) is 0 Å². The van der Waals surface area contributed by atoms with Gasteiger partial charge in [-0.25, -0.2) is 4.39 Å². The molecule has 27 heavy (non-hydrogen) atoms. The maximum absolute atomic E-state index is 14.8. The molecule has 3 aromatic rings. The normalized spacial score (nSPS) is 11.4. The van der Waals surface area contributed by atoms with Crippen LogP contribution in [-0.4, -0.2) is 6.61 Å². The zero-order valence-electron chi connectivity index (χ0n) is 16.2. The highest BCUT2D eigenvalue weighted by atomic mass is 19.1. The highest BCUT2D eigenvalue weighted by Crippen LogP contribution is 2.29. The minimum absolute atomic E-state index is 0.0668. The van der Waals surface area contributed by atoms with Crippen molar-refractivity contribution in [1.29, 1.82) is 0 Å². The number of fused-ring (bicyclic) bond motifs is 1. The van der Waals surface area contributed by atoms with Gasteiger partial charge >= 0.3 is 0 Å². The summed E-state index contributed by atoms with van der Waals surface area (Å²) in [4.78, 5) is 0. The van der Waals surface area contributed by atoms with E-state index in [0.29, 0.717) is 12.0 Å². The fourth-order valence-electron chi connectivity index (χ4n) is 3.26. The van der Waals surface area contributed by atoms with Crippen LogP contribution in [0.2, 0.25) is 0 Å². The number of unbranched alkanes of at least 4 members (excludes halogenated alkanes) is 2. The third-order valence-electron chi connectivity index (χ3n) is 4.85. The summed E-state index contributed by atoms with van der Waals surface area (Å²) in [6.45, 7) is 4.72. The lowest BCUT2D eigenvalue weighted by Gasteiger charge is -2.09. The van der Waals surface area contributed by atoms with Crippen molar-refractivity contribution >= 4 is 10.8 Å². The number of rotatable bonds is 8. The topological polar surface area (TPSA) is 9.23 Å². The van der Waals surface area contributed by atoms with Crippen LogP contribution in [0, 0.1) is 5.82 Å². The Morgan fingerprint density at radius 3 is 2.44 bits per heavy atom. The number of benzene rings is 3. The van der Waals surface area contributed by atoms with Crippen LogP contribution in [0.5, 0.6) is 5.75 Å². The van der Waals surface area contributed by atoms with Crippen molar-refractivity contribution in [3.05, 3.63) is 78.1 Å². The Hall–Kier alpha value is -2.61. The van der Waals surface area contributed by atoms with Crippen LogP contribution in [0.4, 0.5) is 4.39 Å². The summed E-state index contributed by atoms with van der Waals surface area (Å²) < 4.78 is 20.4. The number of hydrogen-bond acceptors (Lipinski definition) is 1. The molecule has 0 atom stereocenters. The molecule has 0 amide bonds. The fourth-order valence-corrected chi connectivity index (χ4v) is 3.26. The van der Waals surface area contributed by atoms with E-state index in [0.717, 1.165) is 53.5 Å². The third kappa shape index (κ3) is 4.77. The van der Waals surface area contributed by atoms with E-state index in [1.54, 1.807) is 0 Å².